The number of amides is 2. The van der Waals surface area contributed by atoms with Gasteiger partial charge in [0.1, 0.15) is 5.75 Å². The van der Waals surface area contributed by atoms with Gasteiger partial charge in [-0.1, -0.05) is 12.1 Å². The fourth-order valence-electron chi connectivity index (χ4n) is 3.01. The summed E-state index contributed by atoms with van der Waals surface area (Å²) >= 11 is 0. The van der Waals surface area contributed by atoms with Gasteiger partial charge >= 0.3 is 6.03 Å². The Morgan fingerprint density at radius 1 is 1.12 bits per heavy atom. The second kappa shape index (κ2) is 7.83. The van der Waals surface area contributed by atoms with Crippen LogP contribution in [0, 0.1) is 0 Å². The lowest BCUT2D eigenvalue weighted by Gasteiger charge is -2.16. The van der Waals surface area contributed by atoms with Crippen LogP contribution in [0.25, 0.3) is 0 Å². The van der Waals surface area contributed by atoms with Gasteiger partial charge in [-0.2, -0.15) is 0 Å². The summed E-state index contributed by atoms with van der Waals surface area (Å²) in [7, 11) is 1.64. The third kappa shape index (κ3) is 4.38. The molecule has 1 aliphatic carbocycles. The maximum absolute atomic E-state index is 12.0. The molecule has 0 radical (unpaired) electrons. The van der Waals surface area contributed by atoms with Crippen molar-refractivity contribution in [3.63, 3.8) is 0 Å². The Morgan fingerprint density at radius 2 is 1.92 bits per heavy atom. The van der Waals surface area contributed by atoms with Crippen LogP contribution in [0.2, 0.25) is 0 Å². The van der Waals surface area contributed by atoms with E-state index in [-0.39, 0.29) is 11.8 Å². The molecule has 2 aromatic carbocycles. The highest BCUT2D eigenvalue weighted by Crippen LogP contribution is 2.24. The predicted molar refractivity (Wildman–Crippen MR) is 97.4 cm³/mol. The number of benzene rings is 2. The molecule has 0 atom stereocenters. The van der Waals surface area contributed by atoms with Crippen LogP contribution in [0.3, 0.4) is 0 Å². The highest BCUT2D eigenvalue weighted by molar-refractivity contribution is 5.99. The average Bonchev–Trinajstić information content (AvgIpc) is 2.62. The molecule has 0 bridgehead atoms. The van der Waals surface area contributed by atoms with Crippen molar-refractivity contribution in [2.75, 3.05) is 19.0 Å². The first-order chi connectivity index (χ1) is 12.2. The topological polar surface area (TPSA) is 67.4 Å². The lowest BCUT2D eigenvalue weighted by Crippen LogP contribution is -2.30. The first-order valence-electron chi connectivity index (χ1n) is 8.49. The number of aryl methyl sites for hydroxylation is 1. The predicted octanol–water partition coefficient (Wildman–Crippen LogP) is 3.58. The number of ether oxygens (including phenoxy) is 1. The number of hydrogen-bond acceptors (Lipinski definition) is 3. The molecule has 0 fully saturated rings. The second-order valence-electron chi connectivity index (χ2n) is 6.13. The highest BCUT2D eigenvalue weighted by Gasteiger charge is 2.17. The van der Waals surface area contributed by atoms with Crippen molar-refractivity contribution in [3.05, 3.63) is 59.2 Å². The van der Waals surface area contributed by atoms with Crippen molar-refractivity contribution in [1.82, 2.24) is 5.32 Å². The largest absolute Gasteiger partial charge is 0.497 e. The summed E-state index contributed by atoms with van der Waals surface area (Å²) in [5.74, 6) is 1.01. The van der Waals surface area contributed by atoms with Gasteiger partial charge < -0.3 is 15.4 Å². The molecule has 0 aliphatic heterocycles. The van der Waals surface area contributed by atoms with E-state index >= 15 is 0 Å². The van der Waals surface area contributed by atoms with Crippen molar-refractivity contribution < 1.29 is 14.3 Å². The van der Waals surface area contributed by atoms with Gasteiger partial charge in [-0.3, -0.25) is 4.79 Å². The molecule has 0 heterocycles. The van der Waals surface area contributed by atoms with Gasteiger partial charge in [0, 0.05) is 24.2 Å². The van der Waals surface area contributed by atoms with Crippen LogP contribution in [0.15, 0.2) is 42.5 Å². The molecule has 0 saturated heterocycles. The van der Waals surface area contributed by atoms with Gasteiger partial charge in [0.15, 0.2) is 5.78 Å². The third-order valence-corrected chi connectivity index (χ3v) is 4.37. The molecule has 0 saturated carbocycles. The van der Waals surface area contributed by atoms with Gasteiger partial charge in [0.05, 0.1) is 7.11 Å². The number of rotatable bonds is 5. The minimum atomic E-state index is -0.240. The van der Waals surface area contributed by atoms with Crippen LogP contribution in [0.5, 0.6) is 5.75 Å². The Hall–Kier alpha value is -2.82. The summed E-state index contributed by atoms with van der Waals surface area (Å²) in [6, 6.07) is 13.0. The second-order valence-corrected chi connectivity index (χ2v) is 6.13. The molecule has 2 N–H and O–H groups in total. The Kier molecular flexibility index (Phi) is 5.33. The first-order valence-corrected chi connectivity index (χ1v) is 8.49. The molecule has 1 aliphatic rings. The number of urea groups is 1. The molecule has 25 heavy (non-hydrogen) atoms. The van der Waals surface area contributed by atoms with Gasteiger partial charge in [0.25, 0.3) is 0 Å². The molecule has 2 aromatic rings. The summed E-state index contributed by atoms with van der Waals surface area (Å²) in [6.07, 6.45) is 3.13. The summed E-state index contributed by atoms with van der Waals surface area (Å²) < 4.78 is 5.12. The quantitative estimate of drug-likeness (QED) is 0.876. The maximum Gasteiger partial charge on any atom is 0.319 e. The van der Waals surface area contributed by atoms with Gasteiger partial charge in [-0.15, -0.1) is 0 Å². The molecule has 0 unspecified atom stereocenters. The van der Waals surface area contributed by atoms with Crippen LogP contribution in [0.1, 0.15) is 34.3 Å². The molecule has 0 spiro atoms. The number of fused-ring (bicyclic) bond motifs is 1. The van der Waals surface area contributed by atoms with Crippen molar-refractivity contribution in [1.29, 1.82) is 0 Å². The van der Waals surface area contributed by atoms with Crippen LogP contribution < -0.4 is 15.4 Å². The Balaban J connectivity index is 1.50. The number of nitrogens with one attached hydrogen (secondary N) is 2. The number of carbonyl (C=O) groups is 2. The standard InChI is InChI=1S/C20H22N2O3/c1-25-17-8-5-14(6-9-17)11-12-21-20(24)22-16-7-10-18-15(13-16)3-2-4-19(18)23/h5-10,13H,2-4,11-12H2,1H3,(H2,21,22,24). The fourth-order valence-corrected chi connectivity index (χ4v) is 3.01. The van der Waals surface area contributed by atoms with Crippen LogP contribution >= 0.6 is 0 Å². The molecule has 3 rings (SSSR count). The van der Waals surface area contributed by atoms with Crippen LogP contribution in [-0.2, 0) is 12.8 Å². The molecular weight excluding hydrogens is 316 g/mol. The summed E-state index contributed by atoms with van der Waals surface area (Å²) in [5, 5.41) is 5.68. The van der Waals surface area contributed by atoms with Crippen molar-refractivity contribution in [2.45, 2.75) is 25.7 Å². The summed E-state index contributed by atoms with van der Waals surface area (Å²) in [6.45, 7) is 0.543. The lowest BCUT2D eigenvalue weighted by molar-refractivity contribution is 0.0972. The molecule has 5 heteroatoms. The number of methoxy groups -OCH3 is 1. The van der Waals surface area contributed by atoms with E-state index in [1.54, 1.807) is 13.2 Å². The number of hydrogen-bond donors (Lipinski definition) is 2. The third-order valence-electron chi connectivity index (χ3n) is 4.37. The number of anilines is 1. The number of ketones is 1. The Labute approximate surface area is 147 Å². The monoisotopic (exact) mass is 338 g/mol. The lowest BCUT2D eigenvalue weighted by atomic mass is 9.90. The molecular formula is C20H22N2O3. The van der Waals surface area contributed by atoms with Crippen LogP contribution in [-0.4, -0.2) is 25.5 Å². The molecule has 2 amide bonds. The number of carbonyl (C=O) groups excluding carboxylic acids is 2. The van der Waals surface area contributed by atoms with E-state index in [9.17, 15) is 9.59 Å². The van der Waals surface area contributed by atoms with E-state index in [1.807, 2.05) is 36.4 Å². The summed E-state index contributed by atoms with van der Waals surface area (Å²) in [5.41, 5.74) is 3.66. The minimum absolute atomic E-state index is 0.191. The van der Waals surface area contributed by atoms with E-state index in [4.69, 9.17) is 4.74 Å². The highest BCUT2D eigenvalue weighted by atomic mass is 16.5. The molecule has 0 aromatic heterocycles. The zero-order chi connectivity index (χ0) is 17.6. The van der Waals surface area contributed by atoms with E-state index in [1.165, 1.54) is 0 Å². The first kappa shape index (κ1) is 17.0. The SMILES string of the molecule is COc1ccc(CCNC(=O)Nc2ccc3c(c2)CCCC3=O)cc1. The molecule has 5 nitrogen and oxygen atoms in total. The zero-order valence-electron chi connectivity index (χ0n) is 14.3. The summed E-state index contributed by atoms with van der Waals surface area (Å²) in [4.78, 5) is 23.9. The minimum Gasteiger partial charge on any atom is -0.497 e. The van der Waals surface area contributed by atoms with Crippen molar-refractivity contribution in [3.8, 4) is 5.75 Å². The van der Waals surface area contributed by atoms with E-state index in [2.05, 4.69) is 10.6 Å². The Morgan fingerprint density at radius 3 is 2.68 bits per heavy atom. The van der Waals surface area contributed by atoms with Gasteiger partial charge in [-0.25, -0.2) is 4.79 Å². The van der Waals surface area contributed by atoms with E-state index in [0.717, 1.165) is 47.4 Å². The van der Waals surface area contributed by atoms with Crippen molar-refractivity contribution in [2.24, 2.45) is 0 Å². The van der Waals surface area contributed by atoms with E-state index < -0.39 is 0 Å². The van der Waals surface area contributed by atoms with Crippen LogP contribution in [0.4, 0.5) is 10.5 Å². The smallest absolute Gasteiger partial charge is 0.319 e. The number of Topliss-reactive ketones (excluding diaryl/α,β-unsaturated/α-hetero) is 1. The maximum atomic E-state index is 12.0. The van der Waals surface area contributed by atoms with E-state index in [0.29, 0.717) is 13.0 Å². The zero-order valence-corrected chi connectivity index (χ0v) is 14.3. The normalized spacial score (nSPS) is 13.1. The van der Waals surface area contributed by atoms with Gasteiger partial charge in [-0.05, 0) is 60.7 Å². The van der Waals surface area contributed by atoms with Gasteiger partial charge in [0.2, 0.25) is 0 Å². The van der Waals surface area contributed by atoms with Crippen molar-refractivity contribution >= 4 is 17.5 Å². The molecule has 130 valence electrons. The fraction of sp³-hybridized carbons (Fsp3) is 0.300. The Bertz CT molecular complexity index is 769. The average molecular weight is 338 g/mol.